The van der Waals surface area contributed by atoms with Crippen LogP contribution in [0.4, 0.5) is 16.2 Å². The van der Waals surface area contributed by atoms with Crippen LogP contribution in [-0.2, 0) is 16.6 Å². The minimum absolute atomic E-state index is 0.0741. The molecular formula is C26H22ClN3O5S2. The van der Waals surface area contributed by atoms with E-state index in [1.54, 1.807) is 49.4 Å². The Bertz CT molecular complexity index is 1540. The predicted octanol–water partition coefficient (Wildman–Crippen LogP) is 6.05. The molecule has 8 nitrogen and oxygen atoms in total. The summed E-state index contributed by atoms with van der Waals surface area (Å²) >= 11 is 6.62. The first-order valence-electron chi connectivity index (χ1n) is 11.0. The molecule has 0 spiro atoms. The van der Waals surface area contributed by atoms with Crippen LogP contribution in [0.5, 0.6) is 5.75 Å². The van der Waals surface area contributed by atoms with Gasteiger partial charge in [0.1, 0.15) is 16.6 Å². The highest BCUT2D eigenvalue weighted by Crippen LogP contribution is 2.26. The fourth-order valence-electron chi connectivity index (χ4n) is 3.36. The molecule has 0 fully saturated rings. The zero-order chi connectivity index (χ0) is 26.4. The normalized spacial score (nSPS) is 11.0. The second kappa shape index (κ2) is 11.5. The first-order valence-corrected chi connectivity index (χ1v) is 13.7. The minimum Gasteiger partial charge on any atom is -0.488 e. The molecule has 190 valence electrons. The number of rotatable bonds is 8. The van der Waals surface area contributed by atoms with Gasteiger partial charge in [0, 0.05) is 11.4 Å². The van der Waals surface area contributed by atoms with Crippen molar-refractivity contribution in [1.82, 2.24) is 4.72 Å². The van der Waals surface area contributed by atoms with Gasteiger partial charge in [-0.1, -0.05) is 54.1 Å². The van der Waals surface area contributed by atoms with E-state index in [-0.39, 0.29) is 10.1 Å². The molecule has 0 aliphatic rings. The molecule has 0 aliphatic heterocycles. The van der Waals surface area contributed by atoms with Gasteiger partial charge in [0.15, 0.2) is 0 Å². The Morgan fingerprint density at radius 3 is 2.35 bits per heavy atom. The lowest BCUT2D eigenvalue weighted by molar-refractivity contribution is 0.102. The lowest BCUT2D eigenvalue weighted by Gasteiger charge is -2.14. The molecule has 0 saturated heterocycles. The second-order valence-corrected chi connectivity index (χ2v) is 11.5. The lowest BCUT2D eigenvalue weighted by atomic mass is 10.1. The van der Waals surface area contributed by atoms with E-state index in [2.05, 4.69) is 10.6 Å². The Kier molecular flexibility index (Phi) is 8.12. The van der Waals surface area contributed by atoms with Gasteiger partial charge in [-0.05, 0) is 60.5 Å². The average molecular weight is 556 g/mol. The SMILES string of the molecule is Cc1cc(NC(=O)NS(=O)(=O)c2ccc(Cl)s2)ccc1NC(=O)c1ccccc1OCc1ccccc1. The Balaban J connectivity index is 1.40. The van der Waals surface area contributed by atoms with Crippen molar-refractivity contribution in [2.75, 3.05) is 10.6 Å². The van der Waals surface area contributed by atoms with Crippen LogP contribution in [0.25, 0.3) is 0 Å². The van der Waals surface area contributed by atoms with Crippen molar-refractivity contribution in [3.05, 3.63) is 106 Å². The summed E-state index contributed by atoms with van der Waals surface area (Å²) in [5.74, 6) is 0.0932. The van der Waals surface area contributed by atoms with Gasteiger partial charge in [-0.15, -0.1) is 11.3 Å². The maximum atomic E-state index is 13.0. The van der Waals surface area contributed by atoms with Crippen LogP contribution in [-0.4, -0.2) is 20.4 Å². The summed E-state index contributed by atoms with van der Waals surface area (Å²) in [4.78, 5) is 25.3. The third-order valence-electron chi connectivity index (χ3n) is 5.14. The Morgan fingerprint density at radius 1 is 0.919 bits per heavy atom. The van der Waals surface area contributed by atoms with Crippen molar-refractivity contribution in [3.8, 4) is 5.75 Å². The summed E-state index contributed by atoms with van der Waals surface area (Å²) in [7, 11) is -4.05. The molecule has 0 atom stereocenters. The van der Waals surface area contributed by atoms with Crippen molar-refractivity contribution in [2.24, 2.45) is 0 Å². The van der Waals surface area contributed by atoms with Crippen LogP contribution in [0, 0.1) is 6.92 Å². The standard InChI is InChI=1S/C26H22ClN3O5S2/c1-17-15-19(28-26(32)30-37(33,34)24-14-13-23(27)36-24)11-12-21(17)29-25(31)20-9-5-6-10-22(20)35-16-18-7-3-2-4-8-18/h2-15H,16H2,1H3,(H,29,31)(H2,28,30,32). The Hall–Kier alpha value is -3.86. The molecule has 0 aliphatic carbocycles. The van der Waals surface area contributed by atoms with Crippen LogP contribution in [0.2, 0.25) is 4.34 Å². The van der Waals surface area contributed by atoms with Gasteiger partial charge in [0.05, 0.1) is 9.90 Å². The summed E-state index contributed by atoms with van der Waals surface area (Å²) in [6.07, 6.45) is 0. The van der Waals surface area contributed by atoms with E-state index in [0.717, 1.165) is 16.9 Å². The molecule has 4 aromatic rings. The zero-order valence-electron chi connectivity index (χ0n) is 19.5. The van der Waals surface area contributed by atoms with E-state index < -0.39 is 16.1 Å². The molecule has 4 rings (SSSR count). The summed E-state index contributed by atoms with van der Waals surface area (Å²) in [5.41, 5.74) is 2.88. The van der Waals surface area contributed by atoms with E-state index in [4.69, 9.17) is 16.3 Å². The van der Waals surface area contributed by atoms with E-state index in [1.165, 1.54) is 12.1 Å². The highest BCUT2D eigenvalue weighted by Gasteiger charge is 2.20. The summed E-state index contributed by atoms with van der Waals surface area (Å²) in [6.45, 7) is 2.07. The molecule has 37 heavy (non-hydrogen) atoms. The molecular weight excluding hydrogens is 534 g/mol. The number of thiophene rings is 1. The van der Waals surface area contributed by atoms with E-state index in [1.807, 2.05) is 35.1 Å². The summed E-state index contributed by atoms with van der Waals surface area (Å²) < 4.78 is 32.6. The Labute approximate surface area is 223 Å². The number of hydrogen-bond acceptors (Lipinski definition) is 6. The van der Waals surface area contributed by atoms with Crippen LogP contribution in [0.15, 0.2) is 89.1 Å². The number of sulfonamides is 1. The van der Waals surface area contributed by atoms with Crippen molar-refractivity contribution in [1.29, 1.82) is 0 Å². The van der Waals surface area contributed by atoms with E-state index in [0.29, 0.717) is 39.2 Å². The second-order valence-electron chi connectivity index (χ2n) is 7.87. The molecule has 0 saturated carbocycles. The quantitative estimate of drug-likeness (QED) is 0.245. The fourth-order valence-corrected chi connectivity index (χ4v) is 5.75. The van der Waals surface area contributed by atoms with E-state index in [9.17, 15) is 18.0 Å². The number of aryl methyl sites for hydroxylation is 1. The van der Waals surface area contributed by atoms with Gasteiger partial charge < -0.3 is 15.4 Å². The lowest BCUT2D eigenvalue weighted by Crippen LogP contribution is -2.33. The number of urea groups is 1. The zero-order valence-corrected chi connectivity index (χ0v) is 21.9. The Morgan fingerprint density at radius 2 is 1.65 bits per heavy atom. The third kappa shape index (κ3) is 6.88. The highest BCUT2D eigenvalue weighted by atomic mass is 35.5. The smallest absolute Gasteiger partial charge is 0.333 e. The number of ether oxygens (including phenoxy) is 1. The molecule has 3 aromatic carbocycles. The third-order valence-corrected chi connectivity index (χ3v) is 8.20. The first kappa shape index (κ1) is 26.2. The van der Waals surface area contributed by atoms with Crippen molar-refractivity contribution in [2.45, 2.75) is 17.7 Å². The van der Waals surface area contributed by atoms with Crippen molar-refractivity contribution in [3.63, 3.8) is 0 Å². The predicted molar refractivity (Wildman–Crippen MR) is 145 cm³/mol. The topological polar surface area (TPSA) is 114 Å². The van der Waals surface area contributed by atoms with Crippen LogP contribution in [0.3, 0.4) is 0 Å². The molecule has 3 amide bonds. The van der Waals surface area contributed by atoms with Crippen LogP contribution < -0.4 is 20.1 Å². The van der Waals surface area contributed by atoms with Crippen molar-refractivity contribution < 1.29 is 22.7 Å². The fraction of sp³-hybridized carbons (Fsp3) is 0.0769. The molecule has 1 heterocycles. The number of carbonyl (C=O) groups excluding carboxylic acids is 2. The molecule has 3 N–H and O–H groups in total. The summed E-state index contributed by atoms with van der Waals surface area (Å²) in [6, 6.07) is 23.2. The van der Waals surface area contributed by atoms with Crippen molar-refractivity contribution >= 4 is 56.3 Å². The minimum atomic E-state index is -4.05. The van der Waals surface area contributed by atoms with Gasteiger partial charge >= 0.3 is 6.03 Å². The average Bonchev–Trinajstić information content (AvgIpc) is 3.32. The number of carbonyl (C=O) groups is 2. The van der Waals surface area contributed by atoms with Crippen LogP contribution in [0.1, 0.15) is 21.5 Å². The summed E-state index contributed by atoms with van der Waals surface area (Å²) in [5, 5.41) is 5.33. The maximum absolute atomic E-state index is 13.0. The molecule has 1 aromatic heterocycles. The van der Waals surface area contributed by atoms with Gasteiger partial charge in [-0.2, -0.15) is 0 Å². The van der Waals surface area contributed by atoms with Crippen LogP contribution >= 0.6 is 22.9 Å². The number of hydrogen-bond donors (Lipinski definition) is 3. The van der Waals surface area contributed by atoms with Gasteiger partial charge in [-0.25, -0.2) is 17.9 Å². The van der Waals surface area contributed by atoms with E-state index >= 15 is 0 Å². The highest BCUT2D eigenvalue weighted by molar-refractivity contribution is 7.92. The molecule has 11 heteroatoms. The molecule has 0 unspecified atom stereocenters. The first-order chi connectivity index (χ1) is 17.7. The number of benzene rings is 3. The molecule has 0 radical (unpaired) electrons. The largest absolute Gasteiger partial charge is 0.488 e. The number of halogens is 1. The van der Waals surface area contributed by atoms with Gasteiger partial charge in [-0.3, -0.25) is 4.79 Å². The maximum Gasteiger partial charge on any atom is 0.333 e. The monoisotopic (exact) mass is 555 g/mol. The van der Waals surface area contributed by atoms with Gasteiger partial charge in [0.25, 0.3) is 15.9 Å². The number of para-hydroxylation sites is 1. The number of nitrogens with one attached hydrogen (secondary N) is 3. The van der Waals surface area contributed by atoms with Gasteiger partial charge in [0.2, 0.25) is 0 Å². The number of amides is 3. The molecule has 0 bridgehead atoms. The number of anilines is 2.